The van der Waals surface area contributed by atoms with Crippen LogP contribution in [0.25, 0.3) is 11.2 Å². The third-order valence-corrected chi connectivity index (χ3v) is 2.95. The molecule has 2 aromatic heterocycles. The predicted octanol–water partition coefficient (Wildman–Crippen LogP) is 1.58. The van der Waals surface area contributed by atoms with Crippen LogP contribution in [0.1, 0.15) is 11.1 Å². The largest absolute Gasteiger partial charge is 0.416 e. The smallest absolute Gasteiger partial charge is 0.311 e. The van der Waals surface area contributed by atoms with Gasteiger partial charge in [-0.05, 0) is 11.6 Å². The Kier molecular flexibility index (Phi) is 2.96. The van der Waals surface area contributed by atoms with Crippen molar-refractivity contribution in [3.63, 3.8) is 0 Å². The Morgan fingerprint density at radius 1 is 1.24 bits per heavy atom. The van der Waals surface area contributed by atoms with Gasteiger partial charge in [-0.15, -0.1) is 5.10 Å². The van der Waals surface area contributed by atoms with Gasteiger partial charge in [0.05, 0.1) is 18.4 Å². The van der Waals surface area contributed by atoms with E-state index in [2.05, 4.69) is 20.3 Å². The third-order valence-electron chi connectivity index (χ3n) is 2.95. The first-order valence-electron chi connectivity index (χ1n) is 5.89. The van der Waals surface area contributed by atoms with E-state index in [1.165, 1.54) is 18.2 Å². The van der Waals surface area contributed by atoms with E-state index in [1.807, 2.05) is 0 Å². The van der Waals surface area contributed by atoms with Crippen molar-refractivity contribution in [2.24, 2.45) is 0 Å². The SMILES string of the molecule is O=c1[nH]cnc2c1nnn2Cc1ccccc1C(F)(F)F. The monoisotopic (exact) mass is 295 g/mol. The fourth-order valence-corrected chi connectivity index (χ4v) is 2.01. The summed E-state index contributed by atoms with van der Waals surface area (Å²) in [5, 5.41) is 7.32. The summed E-state index contributed by atoms with van der Waals surface area (Å²) in [4.78, 5) is 17.7. The van der Waals surface area contributed by atoms with Gasteiger partial charge < -0.3 is 4.98 Å². The van der Waals surface area contributed by atoms with Gasteiger partial charge in [0.1, 0.15) is 0 Å². The average molecular weight is 295 g/mol. The zero-order valence-electron chi connectivity index (χ0n) is 10.4. The van der Waals surface area contributed by atoms with Crippen molar-refractivity contribution in [1.82, 2.24) is 25.0 Å². The highest BCUT2D eigenvalue weighted by Crippen LogP contribution is 2.32. The van der Waals surface area contributed by atoms with E-state index in [1.54, 1.807) is 0 Å². The van der Waals surface area contributed by atoms with Gasteiger partial charge in [0, 0.05) is 0 Å². The fourth-order valence-electron chi connectivity index (χ4n) is 2.01. The fraction of sp³-hybridized carbons (Fsp3) is 0.167. The Balaban J connectivity index is 2.08. The number of aromatic amines is 1. The maximum Gasteiger partial charge on any atom is 0.416 e. The molecule has 0 saturated heterocycles. The van der Waals surface area contributed by atoms with Crippen LogP contribution in [0.4, 0.5) is 13.2 Å². The molecule has 0 amide bonds. The van der Waals surface area contributed by atoms with Crippen LogP contribution in [0.5, 0.6) is 0 Å². The molecule has 0 atom stereocenters. The van der Waals surface area contributed by atoms with Gasteiger partial charge in [-0.1, -0.05) is 23.4 Å². The lowest BCUT2D eigenvalue weighted by atomic mass is 10.1. The molecular weight excluding hydrogens is 287 g/mol. The number of nitrogens with zero attached hydrogens (tertiary/aromatic N) is 4. The molecule has 0 aliphatic rings. The number of alkyl halides is 3. The van der Waals surface area contributed by atoms with Crippen molar-refractivity contribution in [2.75, 3.05) is 0 Å². The van der Waals surface area contributed by atoms with Crippen LogP contribution in [0.15, 0.2) is 35.4 Å². The minimum atomic E-state index is -4.46. The normalized spacial score (nSPS) is 12.0. The van der Waals surface area contributed by atoms with Crippen molar-refractivity contribution < 1.29 is 13.2 Å². The molecule has 0 aliphatic heterocycles. The molecule has 0 bridgehead atoms. The summed E-state index contributed by atoms with van der Waals surface area (Å²) in [7, 11) is 0. The number of fused-ring (bicyclic) bond motifs is 1. The molecule has 0 spiro atoms. The summed E-state index contributed by atoms with van der Waals surface area (Å²) in [6, 6.07) is 5.16. The van der Waals surface area contributed by atoms with Gasteiger partial charge in [-0.3, -0.25) is 4.79 Å². The first kappa shape index (κ1) is 13.3. The van der Waals surface area contributed by atoms with Crippen LogP contribution in [0.3, 0.4) is 0 Å². The van der Waals surface area contributed by atoms with Crippen molar-refractivity contribution in [3.8, 4) is 0 Å². The second-order valence-electron chi connectivity index (χ2n) is 4.31. The second kappa shape index (κ2) is 4.69. The lowest BCUT2D eigenvalue weighted by Gasteiger charge is -2.12. The standard InChI is InChI=1S/C12H8F3N5O/c13-12(14,15)8-4-2-1-3-7(8)5-20-10-9(18-19-20)11(21)17-6-16-10/h1-4,6H,5H2,(H,16,17,21). The maximum atomic E-state index is 12.9. The summed E-state index contributed by atoms with van der Waals surface area (Å²) < 4.78 is 40.0. The number of halogens is 3. The molecule has 1 N–H and O–H groups in total. The molecule has 108 valence electrons. The van der Waals surface area contributed by atoms with Crippen molar-refractivity contribution in [3.05, 3.63) is 52.1 Å². The Morgan fingerprint density at radius 2 is 2.00 bits per heavy atom. The van der Waals surface area contributed by atoms with Crippen molar-refractivity contribution in [1.29, 1.82) is 0 Å². The zero-order chi connectivity index (χ0) is 15.0. The van der Waals surface area contributed by atoms with E-state index in [0.29, 0.717) is 0 Å². The molecule has 0 unspecified atom stereocenters. The highest BCUT2D eigenvalue weighted by Gasteiger charge is 2.33. The summed E-state index contributed by atoms with van der Waals surface area (Å²) in [5.74, 6) is 0. The van der Waals surface area contributed by atoms with Gasteiger partial charge in [0.2, 0.25) is 0 Å². The Labute approximate surface area is 115 Å². The first-order valence-corrected chi connectivity index (χ1v) is 5.89. The Hall–Kier alpha value is -2.71. The van der Waals surface area contributed by atoms with E-state index >= 15 is 0 Å². The van der Waals surface area contributed by atoms with E-state index in [-0.39, 0.29) is 23.3 Å². The van der Waals surface area contributed by atoms with Crippen LogP contribution in [0, 0.1) is 0 Å². The number of H-pyrrole nitrogens is 1. The lowest BCUT2D eigenvalue weighted by molar-refractivity contribution is -0.138. The molecule has 9 heteroatoms. The molecular formula is C12H8F3N5O. The molecule has 1 aromatic carbocycles. The zero-order valence-corrected chi connectivity index (χ0v) is 10.4. The molecule has 6 nitrogen and oxygen atoms in total. The third kappa shape index (κ3) is 2.37. The van der Waals surface area contributed by atoms with Gasteiger partial charge >= 0.3 is 6.18 Å². The quantitative estimate of drug-likeness (QED) is 0.778. The molecule has 0 aliphatic carbocycles. The molecule has 3 rings (SSSR count). The number of aromatic nitrogens is 5. The van der Waals surface area contributed by atoms with E-state index in [9.17, 15) is 18.0 Å². The number of nitrogens with one attached hydrogen (secondary N) is 1. The van der Waals surface area contributed by atoms with Crippen LogP contribution in [-0.2, 0) is 12.7 Å². The van der Waals surface area contributed by atoms with E-state index in [4.69, 9.17) is 0 Å². The lowest BCUT2D eigenvalue weighted by Crippen LogP contribution is -2.13. The Bertz CT molecular complexity index is 852. The van der Waals surface area contributed by atoms with E-state index in [0.717, 1.165) is 17.1 Å². The topological polar surface area (TPSA) is 76.5 Å². The Morgan fingerprint density at radius 3 is 2.76 bits per heavy atom. The van der Waals surface area contributed by atoms with Gasteiger partial charge in [0.15, 0.2) is 11.2 Å². The highest BCUT2D eigenvalue weighted by molar-refractivity contribution is 5.67. The van der Waals surface area contributed by atoms with E-state index < -0.39 is 17.3 Å². The highest BCUT2D eigenvalue weighted by atomic mass is 19.4. The summed E-state index contributed by atoms with van der Waals surface area (Å²) >= 11 is 0. The minimum absolute atomic E-state index is 0.0120. The van der Waals surface area contributed by atoms with Gasteiger partial charge in [-0.25, -0.2) is 9.67 Å². The summed E-state index contributed by atoms with van der Waals surface area (Å²) in [6.45, 7) is -0.178. The number of benzene rings is 1. The second-order valence-corrected chi connectivity index (χ2v) is 4.31. The molecule has 0 fully saturated rings. The maximum absolute atomic E-state index is 12.9. The van der Waals surface area contributed by atoms with Gasteiger partial charge in [0.25, 0.3) is 5.56 Å². The first-order chi connectivity index (χ1) is 9.97. The van der Waals surface area contributed by atoms with Crippen LogP contribution in [0.2, 0.25) is 0 Å². The summed E-state index contributed by atoms with van der Waals surface area (Å²) in [6.07, 6.45) is -3.31. The molecule has 2 heterocycles. The molecule has 21 heavy (non-hydrogen) atoms. The van der Waals surface area contributed by atoms with Crippen LogP contribution in [-0.4, -0.2) is 25.0 Å². The average Bonchev–Trinajstić information content (AvgIpc) is 2.83. The van der Waals surface area contributed by atoms with Crippen molar-refractivity contribution in [2.45, 2.75) is 12.7 Å². The van der Waals surface area contributed by atoms with Crippen molar-refractivity contribution >= 4 is 11.2 Å². The molecule has 0 radical (unpaired) electrons. The van der Waals surface area contributed by atoms with Crippen LogP contribution >= 0.6 is 0 Å². The summed E-state index contributed by atoms with van der Waals surface area (Å²) in [5.41, 5.74) is -1.09. The number of hydrogen-bond donors (Lipinski definition) is 1. The van der Waals surface area contributed by atoms with Crippen LogP contribution < -0.4 is 5.56 Å². The van der Waals surface area contributed by atoms with Gasteiger partial charge in [-0.2, -0.15) is 13.2 Å². The predicted molar refractivity (Wildman–Crippen MR) is 66.5 cm³/mol. The number of rotatable bonds is 2. The molecule has 0 saturated carbocycles. The number of hydrogen-bond acceptors (Lipinski definition) is 4. The minimum Gasteiger partial charge on any atom is -0.311 e. The molecule has 3 aromatic rings.